The van der Waals surface area contributed by atoms with Crippen molar-refractivity contribution in [3.05, 3.63) is 28.6 Å². The van der Waals surface area contributed by atoms with Crippen LogP contribution in [0.2, 0.25) is 0 Å². The minimum Gasteiger partial charge on any atom is -0.390 e. The van der Waals surface area contributed by atoms with Gasteiger partial charge in [-0.05, 0) is 9.91 Å². The Morgan fingerprint density at radius 3 is 2.75 bits per heavy atom. The predicted molar refractivity (Wildman–Crippen MR) is 50.8 cm³/mol. The molecule has 2 aromatic rings. The van der Waals surface area contributed by atoms with Gasteiger partial charge in [0.1, 0.15) is 19.3 Å². The van der Waals surface area contributed by atoms with E-state index in [1.54, 1.807) is 6.92 Å². The number of aromatic nitrogens is 6. The van der Waals surface area contributed by atoms with E-state index in [1.165, 1.54) is 22.0 Å². The van der Waals surface area contributed by atoms with Gasteiger partial charge in [-0.15, -0.1) is 14.9 Å². The second kappa shape index (κ2) is 3.92. The van der Waals surface area contributed by atoms with Crippen LogP contribution in [-0.4, -0.2) is 34.6 Å². The number of nitrogens with zero attached hydrogens (tertiary/aromatic N) is 7. The van der Waals surface area contributed by atoms with Crippen molar-refractivity contribution in [2.45, 2.75) is 13.6 Å². The fourth-order valence-electron chi connectivity index (χ4n) is 1.06. The molecule has 0 saturated heterocycles. The van der Waals surface area contributed by atoms with Crippen molar-refractivity contribution in [3.63, 3.8) is 0 Å². The van der Waals surface area contributed by atoms with Crippen LogP contribution in [0, 0.1) is 17.0 Å². The molecule has 0 spiro atoms. The highest BCUT2D eigenvalue weighted by molar-refractivity contribution is 5.03. The Hall–Kier alpha value is -2.52. The molecule has 0 aliphatic carbocycles. The van der Waals surface area contributed by atoms with Crippen LogP contribution >= 0.6 is 0 Å². The molecule has 0 aliphatic heterocycles. The van der Waals surface area contributed by atoms with Gasteiger partial charge in [0, 0.05) is 12.0 Å². The maximum absolute atomic E-state index is 10.4. The van der Waals surface area contributed by atoms with Crippen LogP contribution in [0.1, 0.15) is 5.82 Å². The molecule has 10 nitrogen and oxygen atoms in total. The van der Waals surface area contributed by atoms with Crippen LogP contribution < -0.4 is 5.43 Å². The molecule has 0 unspecified atom stereocenters. The molecular weight excluding hydrogens is 216 g/mol. The summed E-state index contributed by atoms with van der Waals surface area (Å²) in [7, 11) is 0. The van der Waals surface area contributed by atoms with Crippen molar-refractivity contribution < 1.29 is 4.92 Å². The number of nitro groups is 1. The van der Waals surface area contributed by atoms with Gasteiger partial charge in [0.2, 0.25) is 5.82 Å². The molecule has 0 radical (unpaired) electrons. The summed E-state index contributed by atoms with van der Waals surface area (Å²) in [6.07, 6.45) is 2.92. The summed E-state index contributed by atoms with van der Waals surface area (Å²) < 4.78 is 2.88. The summed E-state index contributed by atoms with van der Waals surface area (Å²) >= 11 is 0. The van der Waals surface area contributed by atoms with E-state index < -0.39 is 10.9 Å². The fraction of sp³-hybridized carbons (Fsp3) is 0.333. The molecule has 10 heteroatoms. The van der Waals surface area contributed by atoms with E-state index in [-0.39, 0.29) is 6.67 Å². The first kappa shape index (κ1) is 10.0. The molecular formula is C6H8N8O2. The molecule has 16 heavy (non-hydrogen) atoms. The van der Waals surface area contributed by atoms with Gasteiger partial charge in [-0.2, -0.15) is 0 Å². The van der Waals surface area contributed by atoms with Crippen LogP contribution in [-0.2, 0) is 6.67 Å². The van der Waals surface area contributed by atoms with Gasteiger partial charge in [0.05, 0.1) is 0 Å². The largest absolute Gasteiger partial charge is 0.491 e. The van der Waals surface area contributed by atoms with E-state index in [0.29, 0.717) is 5.82 Å². The normalized spacial score (nSPS) is 10.3. The molecule has 0 amide bonds. The molecule has 0 saturated carbocycles. The second-order valence-corrected chi connectivity index (χ2v) is 2.90. The Labute approximate surface area is 89.0 Å². The maximum Gasteiger partial charge on any atom is 0.491 e. The van der Waals surface area contributed by atoms with E-state index in [9.17, 15) is 10.1 Å². The summed E-state index contributed by atoms with van der Waals surface area (Å²) in [6.45, 7) is 1.87. The first-order valence-electron chi connectivity index (χ1n) is 4.31. The van der Waals surface area contributed by atoms with E-state index in [1.807, 2.05) is 0 Å². The lowest BCUT2D eigenvalue weighted by Gasteiger charge is -2.03. The van der Waals surface area contributed by atoms with E-state index in [4.69, 9.17) is 0 Å². The summed E-state index contributed by atoms with van der Waals surface area (Å²) in [6, 6.07) is 0. The summed E-state index contributed by atoms with van der Waals surface area (Å²) in [5.74, 6) is 0.0373. The SMILES string of the molecule is Cc1nc([N+](=O)[O-])nn1CNn1cnnc1. The maximum atomic E-state index is 10.4. The molecule has 0 aromatic carbocycles. The third-order valence-corrected chi connectivity index (χ3v) is 1.83. The van der Waals surface area contributed by atoms with Crippen molar-refractivity contribution >= 4 is 5.95 Å². The number of rotatable bonds is 4. The van der Waals surface area contributed by atoms with Crippen LogP contribution in [0.15, 0.2) is 12.7 Å². The molecule has 0 atom stereocenters. The second-order valence-electron chi connectivity index (χ2n) is 2.90. The monoisotopic (exact) mass is 224 g/mol. The zero-order chi connectivity index (χ0) is 11.5. The van der Waals surface area contributed by atoms with Gasteiger partial charge in [-0.25, -0.2) is 4.68 Å². The highest BCUT2D eigenvalue weighted by Gasteiger charge is 2.17. The molecule has 2 heterocycles. The average Bonchev–Trinajstić information content (AvgIpc) is 2.84. The van der Waals surface area contributed by atoms with Gasteiger partial charge in [-0.1, -0.05) is 0 Å². The standard InChI is InChI=1S/C6H8N8O2/c1-5-10-6(14(15)16)11-13(5)4-9-12-2-7-8-3-12/h2-3,9H,4H2,1H3. The number of nitrogens with one attached hydrogen (secondary N) is 1. The fourth-order valence-corrected chi connectivity index (χ4v) is 1.06. The van der Waals surface area contributed by atoms with Gasteiger partial charge >= 0.3 is 5.95 Å². The highest BCUT2D eigenvalue weighted by Crippen LogP contribution is 2.03. The Bertz CT molecular complexity index is 489. The van der Waals surface area contributed by atoms with Crippen molar-refractivity contribution in [3.8, 4) is 0 Å². The van der Waals surface area contributed by atoms with E-state index in [0.717, 1.165) is 0 Å². The Morgan fingerprint density at radius 2 is 2.19 bits per heavy atom. The first-order chi connectivity index (χ1) is 7.66. The van der Waals surface area contributed by atoms with Gasteiger partial charge in [0.15, 0.2) is 0 Å². The van der Waals surface area contributed by atoms with Crippen LogP contribution in [0.5, 0.6) is 0 Å². The zero-order valence-electron chi connectivity index (χ0n) is 8.31. The Balaban J connectivity index is 2.07. The van der Waals surface area contributed by atoms with Crippen LogP contribution in [0.25, 0.3) is 0 Å². The zero-order valence-corrected chi connectivity index (χ0v) is 8.31. The predicted octanol–water partition coefficient (Wildman–Crippen LogP) is -0.713. The molecule has 0 fully saturated rings. The molecule has 1 N–H and O–H groups in total. The molecule has 2 rings (SSSR count). The number of hydrogen-bond donors (Lipinski definition) is 1. The number of aryl methyl sites for hydroxylation is 1. The lowest BCUT2D eigenvalue weighted by Crippen LogP contribution is -2.19. The third-order valence-electron chi connectivity index (χ3n) is 1.83. The Morgan fingerprint density at radius 1 is 1.50 bits per heavy atom. The first-order valence-corrected chi connectivity index (χ1v) is 4.31. The highest BCUT2D eigenvalue weighted by atomic mass is 16.6. The minimum atomic E-state index is -0.637. The quantitative estimate of drug-likeness (QED) is 0.538. The topological polar surface area (TPSA) is 117 Å². The lowest BCUT2D eigenvalue weighted by atomic mass is 10.7. The molecule has 84 valence electrons. The smallest absolute Gasteiger partial charge is 0.390 e. The Kier molecular flexibility index (Phi) is 2.45. The average molecular weight is 224 g/mol. The number of hydrogen-bond acceptors (Lipinski definition) is 7. The van der Waals surface area contributed by atoms with Gasteiger partial charge < -0.3 is 15.5 Å². The summed E-state index contributed by atoms with van der Waals surface area (Å²) in [4.78, 5) is 13.5. The summed E-state index contributed by atoms with van der Waals surface area (Å²) in [5.41, 5.74) is 2.86. The van der Waals surface area contributed by atoms with Crippen molar-refractivity contribution in [2.75, 3.05) is 5.43 Å². The summed E-state index contributed by atoms with van der Waals surface area (Å²) in [5, 5.41) is 21.3. The molecule has 2 aromatic heterocycles. The van der Waals surface area contributed by atoms with E-state index >= 15 is 0 Å². The van der Waals surface area contributed by atoms with Crippen LogP contribution in [0.4, 0.5) is 5.95 Å². The molecule has 0 bridgehead atoms. The minimum absolute atomic E-state index is 0.241. The van der Waals surface area contributed by atoms with E-state index in [2.05, 4.69) is 25.7 Å². The van der Waals surface area contributed by atoms with Crippen molar-refractivity contribution in [2.24, 2.45) is 0 Å². The van der Waals surface area contributed by atoms with Crippen LogP contribution in [0.3, 0.4) is 0 Å². The lowest BCUT2D eigenvalue weighted by molar-refractivity contribution is -0.394. The van der Waals surface area contributed by atoms with Crippen molar-refractivity contribution in [1.29, 1.82) is 0 Å². The third kappa shape index (κ3) is 1.94. The van der Waals surface area contributed by atoms with Gasteiger partial charge in [-0.3, -0.25) is 0 Å². The van der Waals surface area contributed by atoms with Crippen molar-refractivity contribution in [1.82, 2.24) is 29.6 Å². The molecule has 0 aliphatic rings. The van der Waals surface area contributed by atoms with Gasteiger partial charge in [0.25, 0.3) is 0 Å².